The Morgan fingerprint density at radius 3 is 2.86 bits per heavy atom. The zero-order valence-corrected chi connectivity index (χ0v) is 11.8. The number of sulfonamides is 1. The summed E-state index contributed by atoms with van der Waals surface area (Å²) in [6.45, 7) is 0.0688. The highest BCUT2D eigenvalue weighted by Gasteiger charge is 2.30. The molecular weight excluding hydrogens is 296 g/mol. The van der Waals surface area contributed by atoms with Gasteiger partial charge >= 0.3 is 5.97 Å². The molecular formula is C12H14N4O4S. The fourth-order valence-electron chi connectivity index (χ4n) is 2.06. The number of hydrogen-bond acceptors (Lipinski definition) is 4. The minimum Gasteiger partial charge on any atom is -0.477 e. The standard InChI is InChI=1S/C12H14N4O4S/c17-12(18)11-3-10(6-16(11)9-1-2-9)21(19,20)15-5-8-4-13-7-14-8/h3-4,6-7,9,15H,1-2,5H2,(H,13,14)(H,17,18). The third-order valence-electron chi connectivity index (χ3n) is 3.30. The molecule has 1 aliphatic rings. The lowest BCUT2D eigenvalue weighted by molar-refractivity contribution is 0.0685. The van der Waals surface area contributed by atoms with Gasteiger partial charge in [0.2, 0.25) is 10.0 Å². The number of H-pyrrole nitrogens is 1. The molecule has 0 atom stereocenters. The van der Waals surface area contributed by atoms with E-state index in [-0.39, 0.29) is 23.2 Å². The van der Waals surface area contributed by atoms with Crippen LogP contribution in [-0.4, -0.2) is 34.0 Å². The summed E-state index contributed by atoms with van der Waals surface area (Å²) in [4.78, 5) is 17.7. The fraction of sp³-hybridized carbons (Fsp3) is 0.333. The summed E-state index contributed by atoms with van der Waals surface area (Å²) < 4.78 is 28.3. The van der Waals surface area contributed by atoms with Crippen molar-refractivity contribution in [3.63, 3.8) is 0 Å². The Labute approximate surface area is 120 Å². The van der Waals surface area contributed by atoms with Crippen LogP contribution in [0.15, 0.2) is 29.7 Å². The van der Waals surface area contributed by atoms with Gasteiger partial charge in [-0.3, -0.25) is 0 Å². The molecule has 0 bridgehead atoms. The van der Waals surface area contributed by atoms with Crippen LogP contribution >= 0.6 is 0 Å². The van der Waals surface area contributed by atoms with E-state index in [0.717, 1.165) is 12.8 Å². The highest BCUT2D eigenvalue weighted by atomic mass is 32.2. The van der Waals surface area contributed by atoms with Crippen molar-refractivity contribution in [2.75, 3.05) is 0 Å². The summed E-state index contributed by atoms with van der Waals surface area (Å²) in [5.74, 6) is -1.13. The molecule has 2 heterocycles. The van der Waals surface area contributed by atoms with Gasteiger partial charge in [0.15, 0.2) is 0 Å². The Kier molecular flexibility index (Phi) is 3.30. The van der Waals surface area contributed by atoms with Crippen molar-refractivity contribution in [3.8, 4) is 0 Å². The zero-order valence-electron chi connectivity index (χ0n) is 11.0. The minimum absolute atomic E-state index is 0.000541. The molecule has 0 amide bonds. The normalized spacial score (nSPS) is 15.2. The Bertz CT molecular complexity index is 759. The van der Waals surface area contributed by atoms with Crippen molar-refractivity contribution >= 4 is 16.0 Å². The van der Waals surface area contributed by atoms with Gasteiger partial charge < -0.3 is 14.7 Å². The Morgan fingerprint density at radius 1 is 1.52 bits per heavy atom. The molecule has 112 valence electrons. The number of aromatic amines is 1. The number of imidazole rings is 1. The second kappa shape index (κ2) is 5.01. The average Bonchev–Trinajstić information content (AvgIpc) is 2.97. The number of hydrogen-bond donors (Lipinski definition) is 3. The molecule has 3 N–H and O–H groups in total. The number of carboxylic acids is 1. The maximum absolute atomic E-state index is 12.2. The average molecular weight is 310 g/mol. The third kappa shape index (κ3) is 2.83. The summed E-state index contributed by atoms with van der Waals surface area (Å²) in [5, 5.41) is 9.15. The van der Waals surface area contributed by atoms with Gasteiger partial charge in [-0.05, 0) is 18.9 Å². The van der Waals surface area contributed by atoms with E-state index in [0.29, 0.717) is 5.69 Å². The molecule has 0 aromatic carbocycles. The number of aromatic carboxylic acids is 1. The molecule has 3 rings (SSSR count). The highest BCUT2D eigenvalue weighted by Crippen LogP contribution is 2.37. The minimum atomic E-state index is -3.76. The van der Waals surface area contributed by atoms with Gasteiger partial charge in [-0.1, -0.05) is 0 Å². The molecule has 0 unspecified atom stereocenters. The van der Waals surface area contributed by atoms with E-state index < -0.39 is 16.0 Å². The van der Waals surface area contributed by atoms with Crippen LogP contribution in [0.3, 0.4) is 0 Å². The van der Waals surface area contributed by atoms with Gasteiger partial charge in [-0.15, -0.1) is 0 Å². The summed E-state index contributed by atoms with van der Waals surface area (Å²) in [6, 6.07) is 1.28. The largest absolute Gasteiger partial charge is 0.477 e. The molecule has 0 aliphatic heterocycles. The number of carboxylic acid groups (broad SMARTS) is 1. The molecule has 2 aromatic heterocycles. The summed E-state index contributed by atoms with van der Waals surface area (Å²) in [5.41, 5.74) is 0.623. The van der Waals surface area contributed by atoms with E-state index in [1.807, 2.05) is 0 Å². The topological polar surface area (TPSA) is 117 Å². The summed E-state index contributed by atoms with van der Waals surface area (Å²) in [7, 11) is -3.76. The highest BCUT2D eigenvalue weighted by molar-refractivity contribution is 7.89. The third-order valence-corrected chi connectivity index (χ3v) is 4.67. The number of rotatable bonds is 6. The second-order valence-corrected chi connectivity index (χ2v) is 6.67. The first-order valence-corrected chi connectivity index (χ1v) is 7.88. The van der Waals surface area contributed by atoms with E-state index in [1.54, 1.807) is 0 Å². The van der Waals surface area contributed by atoms with E-state index in [2.05, 4.69) is 14.7 Å². The molecule has 0 radical (unpaired) electrons. The van der Waals surface area contributed by atoms with Gasteiger partial charge in [-0.2, -0.15) is 0 Å². The monoisotopic (exact) mass is 310 g/mol. The van der Waals surface area contributed by atoms with Crippen LogP contribution in [-0.2, 0) is 16.6 Å². The number of carbonyl (C=O) groups is 1. The molecule has 21 heavy (non-hydrogen) atoms. The van der Waals surface area contributed by atoms with Crippen molar-refractivity contribution in [2.24, 2.45) is 0 Å². The quantitative estimate of drug-likeness (QED) is 0.727. The number of aromatic nitrogens is 3. The first-order valence-electron chi connectivity index (χ1n) is 6.39. The van der Waals surface area contributed by atoms with Crippen molar-refractivity contribution < 1.29 is 18.3 Å². The van der Waals surface area contributed by atoms with Crippen LogP contribution in [0.2, 0.25) is 0 Å². The lowest BCUT2D eigenvalue weighted by atomic mass is 10.4. The van der Waals surface area contributed by atoms with Gasteiger partial charge in [0.1, 0.15) is 10.6 Å². The first-order chi connectivity index (χ1) is 9.97. The Morgan fingerprint density at radius 2 is 2.29 bits per heavy atom. The maximum atomic E-state index is 12.2. The molecule has 8 nitrogen and oxygen atoms in total. The predicted molar refractivity (Wildman–Crippen MR) is 72.3 cm³/mol. The molecule has 1 aliphatic carbocycles. The summed E-state index contributed by atoms with van der Waals surface area (Å²) >= 11 is 0. The first kappa shape index (κ1) is 13.8. The van der Waals surface area contributed by atoms with Gasteiger partial charge in [-0.25, -0.2) is 22.9 Å². The molecule has 9 heteroatoms. The van der Waals surface area contributed by atoms with E-state index in [9.17, 15) is 13.2 Å². The number of nitrogens with zero attached hydrogens (tertiary/aromatic N) is 2. The lowest BCUT2D eigenvalue weighted by Crippen LogP contribution is -2.23. The van der Waals surface area contributed by atoms with Crippen LogP contribution in [0.25, 0.3) is 0 Å². The number of nitrogens with one attached hydrogen (secondary N) is 2. The van der Waals surface area contributed by atoms with Crippen LogP contribution in [0, 0.1) is 0 Å². The SMILES string of the molecule is O=C(O)c1cc(S(=O)(=O)NCc2cnc[nH]2)cn1C1CC1. The Balaban J connectivity index is 1.84. The molecule has 2 aromatic rings. The maximum Gasteiger partial charge on any atom is 0.352 e. The van der Waals surface area contributed by atoms with Gasteiger partial charge in [0, 0.05) is 24.1 Å². The van der Waals surface area contributed by atoms with Crippen molar-refractivity contribution in [2.45, 2.75) is 30.3 Å². The second-order valence-electron chi connectivity index (χ2n) is 4.91. The van der Waals surface area contributed by atoms with Crippen LogP contribution in [0.5, 0.6) is 0 Å². The van der Waals surface area contributed by atoms with Crippen molar-refractivity contribution in [1.82, 2.24) is 19.3 Å². The predicted octanol–water partition coefficient (Wildman–Crippen LogP) is 0.723. The smallest absolute Gasteiger partial charge is 0.352 e. The van der Waals surface area contributed by atoms with Crippen LogP contribution in [0.1, 0.15) is 35.1 Å². The zero-order chi connectivity index (χ0) is 15.0. The van der Waals surface area contributed by atoms with Gasteiger partial charge in [0.05, 0.1) is 12.9 Å². The van der Waals surface area contributed by atoms with Crippen LogP contribution in [0.4, 0.5) is 0 Å². The Hall–Kier alpha value is -2.13. The lowest BCUT2D eigenvalue weighted by Gasteiger charge is -2.03. The van der Waals surface area contributed by atoms with Crippen molar-refractivity contribution in [3.05, 3.63) is 36.2 Å². The van der Waals surface area contributed by atoms with Gasteiger partial charge in [0.25, 0.3) is 0 Å². The van der Waals surface area contributed by atoms with Crippen LogP contribution < -0.4 is 4.72 Å². The molecule has 1 saturated carbocycles. The van der Waals surface area contributed by atoms with Crippen molar-refractivity contribution in [1.29, 1.82) is 0 Å². The summed E-state index contributed by atoms with van der Waals surface area (Å²) in [6.07, 6.45) is 6.10. The van der Waals surface area contributed by atoms with E-state index >= 15 is 0 Å². The van der Waals surface area contributed by atoms with E-state index in [1.165, 1.54) is 29.4 Å². The molecule has 0 spiro atoms. The van der Waals surface area contributed by atoms with E-state index in [4.69, 9.17) is 5.11 Å². The molecule has 0 saturated heterocycles. The molecule has 1 fully saturated rings. The fourth-order valence-corrected chi connectivity index (χ4v) is 3.10.